The zero-order valence-corrected chi connectivity index (χ0v) is 19.1. The zero-order chi connectivity index (χ0) is 18.0. The first-order valence-electron chi connectivity index (χ1n) is 7.12. The molecule has 1 heterocycles. The van der Waals surface area contributed by atoms with Crippen molar-refractivity contribution >= 4 is 85.8 Å². The Morgan fingerprint density at radius 3 is 2.16 bits per heavy atom. The highest BCUT2D eigenvalue weighted by Gasteiger charge is 2.23. The highest BCUT2D eigenvalue weighted by atomic mass is 127. The van der Waals surface area contributed by atoms with Crippen molar-refractivity contribution in [1.29, 1.82) is 0 Å². The monoisotopic (exact) mass is 672 g/mol. The molecule has 1 aliphatic rings. The van der Waals surface area contributed by atoms with Crippen LogP contribution >= 0.6 is 67.8 Å². The van der Waals surface area contributed by atoms with Gasteiger partial charge in [0.1, 0.15) is 18.1 Å². The number of nitrogens with one attached hydrogen (secondary N) is 2. The number of carbonyl (C=O) groups is 2. The summed E-state index contributed by atoms with van der Waals surface area (Å²) >= 11 is 6.68. The van der Waals surface area contributed by atoms with E-state index >= 15 is 0 Å². The van der Waals surface area contributed by atoms with Gasteiger partial charge in [0.05, 0.1) is 7.14 Å². The molecular formula is C17H11I3N2O3. The van der Waals surface area contributed by atoms with E-state index in [0.717, 1.165) is 24.0 Å². The number of urea groups is 1. The number of benzene rings is 2. The van der Waals surface area contributed by atoms with E-state index in [1.165, 1.54) is 3.57 Å². The maximum Gasteiger partial charge on any atom is 0.326 e. The van der Waals surface area contributed by atoms with Crippen LogP contribution in [0.3, 0.4) is 0 Å². The number of amides is 3. The molecule has 0 bridgehead atoms. The van der Waals surface area contributed by atoms with Gasteiger partial charge in [-0.1, -0.05) is 12.1 Å². The molecule has 1 aliphatic heterocycles. The summed E-state index contributed by atoms with van der Waals surface area (Å²) in [6.07, 6.45) is 1.65. The summed E-state index contributed by atoms with van der Waals surface area (Å²) in [6, 6.07) is 11.5. The third kappa shape index (κ3) is 4.84. The molecule has 0 aromatic heterocycles. The highest BCUT2D eigenvalue weighted by molar-refractivity contribution is 14.1. The quantitative estimate of drug-likeness (QED) is 0.290. The minimum atomic E-state index is -0.502. The van der Waals surface area contributed by atoms with E-state index in [1.54, 1.807) is 6.08 Å². The smallest absolute Gasteiger partial charge is 0.326 e. The third-order valence-electron chi connectivity index (χ3n) is 3.35. The fourth-order valence-corrected chi connectivity index (χ4v) is 4.67. The Kier molecular flexibility index (Phi) is 6.20. The number of hydrogen-bond donors (Lipinski definition) is 2. The second kappa shape index (κ2) is 8.20. The van der Waals surface area contributed by atoms with Gasteiger partial charge in [-0.2, -0.15) is 0 Å². The lowest BCUT2D eigenvalue weighted by Crippen LogP contribution is -2.22. The van der Waals surface area contributed by atoms with E-state index in [1.807, 2.05) is 36.4 Å². The van der Waals surface area contributed by atoms with Crippen molar-refractivity contribution in [1.82, 2.24) is 10.6 Å². The number of hydrogen-bond acceptors (Lipinski definition) is 3. The van der Waals surface area contributed by atoms with Crippen LogP contribution in [-0.2, 0) is 11.4 Å². The van der Waals surface area contributed by atoms with Crippen LogP contribution in [0.5, 0.6) is 5.75 Å². The van der Waals surface area contributed by atoms with Gasteiger partial charge in [-0.05, 0) is 109 Å². The van der Waals surface area contributed by atoms with Crippen LogP contribution in [0.1, 0.15) is 11.1 Å². The Morgan fingerprint density at radius 1 is 0.960 bits per heavy atom. The number of imide groups is 1. The summed E-state index contributed by atoms with van der Waals surface area (Å²) in [4.78, 5) is 22.8. The average Bonchev–Trinajstić information content (AvgIpc) is 2.86. The minimum absolute atomic E-state index is 0.240. The van der Waals surface area contributed by atoms with Crippen molar-refractivity contribution < 1.29 is 14.3 Å². The second-order valence-electron chi connectivity index (χ2n) is 5.20. The van der Waals surface area contributed by atoms with Gasteiger partial charge in [-0.25, -0.2) is 4.79 Å². The normalized spacial score (nSPS) is 15.2. The number of rotatable bonds is 4. The van der Waals surface area contributed by atoms with Crippen molar-refractivity contribution in [2.24, 2.45) is 0 Å². The van der Waals surface area contributed by atoms with Gasteiger partial charge in [0.25, 0.3) is 5.91 Å². The zero-order valence-electron chi connectivity index (χ0n) is 12.6. The highest BCUT2D eigenvalue weighted by Crippen LogP contribution is 2.30. The summed E-state index contributed by atoms with van der Waals surface area (Å²) in [5.41, 5.74) is 2.16. The fraction of sp³-hybridized carbons (Fsp3) is 0.0588. The van der Waals surface area contributed by atoms with Crippen molar-refractivity contribution in [2.75, 3.05) is 0 Å². The van der Waals surface area contributed by atoms with Crippen LogP contribution in [0.25, 0.3) is 6.08 Å². The Morgan fingerprint density at radius 2 is 1.60 bits per heavy atom. The largest absolute Gasteiger partial charge is 0.487 e. The molecule has 1 fully saturated rings. The first kappa shape index (κ1) is 18.9. The molecule has 25 heavy (non-hydrogen) atoms. The number of ether oxygens (including phenoxy) is 1. The molecule has 0 unspecified atom stereocenters. The lowest BCUT2D eigenvalue weighted by molar-refractivity contribution is -0.115. The summed E-state index contributed by atoms with van der Waals surface area (Å²) in [6.45, 7) is 0.488. The van der Waals surface area contributed by atoms with Crippen LogP contribution in [0, 0.1) is 10.7 Å². The van der Waals surface area contributed by atoms with E-state index < -0.39 is 11.9 Å². The topological polar surface area (TPSA) is 67.4 Å². The molecular weight excluding hydrogens is 661 g/mol. The maximum absolute atomic E-state index is 11.6. The molecule has 0 radical (unpaired) electrons. The van der Waals surface area contributed by atoms with Crippen LogP contribution in [-0.4, -0.2) is 11.9 Å². The molecule has 128 valence electrons. The van der Waals surface area contributed by atoms with E-state index in [9.17, 15) is 9.59 Å². The van der Waals surface area contributed by atoms with E-state index in [2.05, 4.69) is 78.4 Å². The Hall–Kier alpha value is -0.890. The molecule has 2 aromatic carbocycles. The molecule has 5 nitrogen and oxygen atoms in total. The molecule has 0 spiro atoms. The summed E-state index contributed by atoms with van der Waals surface area (Å²) in [7, 11) is 0. The molecule has 0 aliphatic carbocycles. The van der Waals surface area contributed by atoms with Gasteiger partial charge in [0.2, 0.25) is 0 Å². The van der Waals surface area contributed by atoms with Gasteiger partial charge < -0.3 is 10.1 Å². The molecule has 0 atom stereocenters. The van der Waals surface area contributed by atoms with E-state index in [-0.39, 0.29) is 5.70 Å². The standard InChI is InChI=1S/C17H11I3N2O3/c18-11-3-1-9(2-4-11)8-25-15-12(19)5-10(6-13(15)20)7-14-16(23)22-17(24)21-14/h1-7H,8H2,(H2,21,22,23,24)/b14-7+. The van der Waals surface area contributed by atoms with Crippen LogP contribution in [0.2, 0.25) is 0 Å². The van der Waals surface area contributed by atoms with Crippen molar-refractivity contribution in [3.8, 4) is 5.75 Å². The van der Waals surface area contributed by atoms with Gasteiger partial charge in [-0.3, -0.25) is 10.1 Å². The van der Waals surface area contributed by atoms with E-state index in [0.29, 0.717) is 6.61 Å². The first-order valence-corrected chi connectivity index (χ1v) is 10.4. The lowest BCUT2D eigenvalue weighted by atomic mass is 10.2. The van der Waals surface area contributed by atoms with Crippen LogP contribution in [0.15, 0.2) is 42.1 Å². The van der Waals surface area contributed by atoms with Crippen LogP contribution in [0.4, 0.5) is 4.79 Å². The molecule has 3 amide bonds. The average molecular weight is 672 g/mol. The predicted molar refractivity (Wildman–Crippen MR) is 120 cm³/mol. The van der Waals surface area contributed by atoms with E-state index in [4.69, 9.17) is 4.74 Å². The van der Waals surface area contributed by atoms with Gasteiger partial charge >= 0.3 is 6.03 Å². The molecule has 0 saturated carbocycles. The van der Waals surface area contributed by atoms with Gasteiger partial charge in [0, 0.05) is 3.57 Å². The third-order valence-corrected chi connectivity index (χ3v) is 5.67. The van der Waals surface area contributed by atoms with Crippen molar-refractivity contribution in [3.63, 3.8) is 0 Å². The molecule has 2 N–H and O–H groups in total. The maximum atomic E-state index is 11.6. The predicted octanol–water partition coefficient (Wildman–Crippen LogP) is 4.26. The molecule has 3 rings (SSSR count). The Balaban J connectivity index is 1.78. The molecule has 2 aromatic rings. The van der Waals surface area contributed by atoms with Crippen molar-refractivity contribution in [3.05, 3.63) is 63.9 Å². The lowest BCUT2D eigenvalue weighted by Gasteiger charge is -2.12. The minimum Gasteiger partial charge on any atom is -0.487 e. The fourth-order valence-electron chi connectivity index (χ4n) is 2.19. The van der Waals surface area contributed by atoms with Crippen molar-refractivity contribution in [2.45, 2.75) is 6.61 Å². The SMILES string of the molecule is O=C1NC(=O)/C(=C\c2cc(I)c(OCc3ccc(I)cc3)c(I)c2)N1. The van der Waals surface area contributed by atoms with Crippen LogP contribution < -0.4 is 15.4 Å². The summed E-state index contributed by atoms with van der Waals surface area (Å²) in [5.74, 6) is 0.385. The summed E-state index contributed by atoms with van der Waals surface area (Å²) < 4.78 is 9.03. The summed E-state index contributed by atoms with van der Waals surface area (Å²) in [5, 5.41) is 4.67. The molecule has 1 saturated heterocycles. The molecule has 8 heteroatoms. The number of carbonyl (C=O) groups excluding carboxylic acids is 2. The van der Waals surface area contributed by atoms with Gasteiger partial charge in [-0.15, -0.1) is 0 Å². The Labute approximate surface area is 185 Å². The first-order chi connectivity index (χ1) is 11.9. The Bertz CT molecular complexity index is 856. The van der Waals surface area contributed by atoms with Gasteiger partial charge in [0.15, 0.2) is 0 Å². The number of halogens is 3. The second-order valence-corrected chi connectivity index (χ2v) is 8.77.